The average molecular weight is 619 g/mol. The second kappa shape index (κ2) is 16.3. The Morgan fingerprint density at radius 3 is 1.41 bits per heavy atom. The quantitative estimate of drug-likeness (QED) is 0.267. The van der Waals surface area contributed by atoms with Crippen molar-refractivity contribution in [3.8, 4) is 0 Å². The van der Waals surface area contributed by atoms with Crippen molar-refractivity contribution in [3.63, 3.8) is 0 Å². The second-order valence-corrected chi connectivity index (χ2v) is 11.8. The van der Waals surface area contributed by atoms with Crippen LogP contribution in [0.15, 0.2) is 0 Å². The molecule has 0 fully saturated rings. The van der Waals surface area contributed by atoms with Crippen LogP contribution < -0.4 is 5.19 Å². The van der Waals surface area contributed by atoms with Crippen molar-refractivity contribution in [3.05, 3.63) is 45.3 Å². The minimum Gasteiger partial charge on any atom is -0.665 e. The molecule has 0 aliphatic heterocycles. The molecule has 0 heterocycles. The summed E-state index contributed by atoms with van der Waals surface area (Å²) >= 11 is 0. The van der Waals surface area contributed by atoms with Gasteiger partial charge in [-0.15, -0.1) is 5.54 Å². The van der Waals surface area contributed by atoms with Gasteiger partial charge in [-0.25, -0.2) is 5.56 Å². The molecular weight excluding hydrogens is 572 g/mol. The van der Waals surface area contributed by atoms with Crippen LogP contribution in [0.5, 0.6) is 0 Å². The van der Waals surface area contributed by atoms with Crippen molar-refractivity contribution in [1.29, 1.82) is 0 Å². The van der Waals surface area contributed by atoms with Crippen LogP contribution in [0.3, 0.4) is 0 Å². The first-order chi connectivity index (χ1) is 11.3. The molecule has 0 unspecified atom stereocenters. The second-order valence-electron chi connectivity index (χ2n) is 7.98. The van der Waals surface area contributed by atoms with Crippen molar-refractivity contribution >= 4 is 13.4 Å². The van der Waals surface area contributed by atoms with E-state index in [-0.39, 0.29) is 44.1 Å². The smallest absolute Gasteiger partial charge is 0.665 e. The zero-order valence-corrected chi connectivity index (χ0v) is 25.9. The summed E-state index contributed by atoms with van der Waals surface area (Å²) < 4.78 is 0. The molecule has 0 spiro atoms. The third-order valence-corrected chi connectivity index (χ3v) is 7.50. The number of rotatable bonds is 4. The number of nitrogens with zero attached hydrogens (tertiary/aromatic N) is 3. The molecule has 0 N–H and O–H groups in total. The molecule has 0 saturated carbocycles. The maximum Gasteiger partial charge on any atom is 4.00 e. The van der Waals surface area contributed by atoms with Gasteiger partial charge in [0.25, 0.3) is 0 Å². The summed E-state index contributed by atoms with van der Waals surface area (Å²) in [5.74, 6) is 0. The molecular formula is C22H46N3SiU-. The molecule has 0 bridgehead atoms. The molecule has 158 valence electrons. The molecule has 1 rings (SSSR count). The predicted molar refractivity (Wildman–Crippen MR) is 127 cm³/mol. The fraction of sp³-hybridized carbons (Fsp3) is 0.727. The van der Waals surface area contributed by atoms with Gasteiger partial charge in [0.05, 0.1) is 0 Å². The fourth-order valence-electron chi connectivity index (χ4n) is 3.03. The van der Waals surface area contributed by atoms with Gasteiger partial charge in [-0.3, -0.25) is 0 Å². The van der Waals surface area contributed by atoms with Crippen molar-refractivity contribution in [2.45, 2.75) is 80.9 Å². The van der Waals surface area contributed by atoms with E-state index in [2.05, 4.69) is 72.2 Å². The summed E-state index contributed by atoms with van der Waals surface area (Å²) in [6.07, 6.45) is 0. The first-order valence-corrected chi connectivity index (χ1v) is 12.3. The molecule has 3 nitrogen and oxygen atoms in total. The third kappa shape index (κ3) is 13.4. The maximum absolute atomic E-state index is 5.13. The van der Waals surface area contributed by atoms with Crippen molar-refractivity contribution < 1.29 is 31.1 Å². The van der Waals surface area contributed by atoms with E-state index in [9.17, 15) is 0 Å². The summed E-state index contributed by atoms with van der Waals surface area (Å²) in [4.78, 5) is 5.13. The first kappa shape index (κ1) is 35.0. The number of hydrogen-bond acceptors (Lipinski definition) is 0. The van der Waals surface area contributed by atoms with Crippen molar-refractivity contribution in [1.82, 2.24) is 0 Å². The molecule has 5 heteroatoms. The standard InChI is InChI=1S/C15H27NSi.2C3H8N.CH3.U/c1-10-11(2)13(4)14(12(10)3)17(8,9)16-15(5,6)7;2*1-3-4-2;;/h1-9H3;2*3H2,1-2H3;1H3;/q-2;3*-1;+4. The zero-order chi connectivity index (χ0) is 20.4. The first-order valence-electron chi connectivity index (χ1n) is 9.39. The molecule has 0 amide bonds. The largest absolute Gasteiger partial charge is 4.00 e. The summed E-state index contributed by atoms with van der Waals surface area (Å²) in [5.41, 5.74) is 5.94. The van der Waals surface area contributed by atoms with Crippen molar-refractivity contribution in [2.75, 3.05) is 27.2 Å². The van der Waals surface area contributed by atoms with Crippen molar-refractivity contribution in [2.24, 2.45) is 0 Å². The monoisotopic (exact) mass is 618 g/mol. The summed E-state index contributed by atoms with van der Waals surface area (Å²) in [7, 11) is 1.92. The summed E-state index contributed by atoms with van der Waals surface area (Å²) in [6, 6.07) is 0. The van der Waals surface area contributed by atoms with Crippen LogP contribution in [-0.4, -0.2) is 41.0 Å². The molecule has 0 aliphatic carbocycles. The Morgan fingerprint density at radius 2 is 1.22 bits per heavy atom. The Morgan fingerprint density at radius 1 is 0.889 bits per heavy atom. The Hall–Kier alpha value is 0.499. The van der Waals surface area contributed by atoms with Crippen LogP contribution >= 0.6 is 0 Å². The van der Waals surface area contributed by atoms with Gasteiger partial charge in [0, 0.05) is 0 Å². The van der Waals surface area contributed by atoms with E-state index in [0.29, 0.717) is 0 Å². The molecule has 1 aromatic rings. The van der Waals surface area contributed by atoms with Crippen LogP contribution in [0.2, 0.25) is 13.1 Å². The van der Waals surface area contributed by atoms with Gasteiger partial charge in [0.15, 0.2) is 0 Å². The summed E-state index contributed by atoms with van der Waals surface area (Å²) in [6.45, 7) is 26.3. The topological polar surface area (TPSA) is 42.3 Å². The molecule has 0 aliphatic rings. The minimum absolute atomic E-state index is 0. The molecule has 1 aromatic carbocycles. The maximum atomic E-state index is 5.13. The van der Waals surface area contributed by atoms with Gasteiger partial charge in [0.1, 0.15) is 0 Å². The van der Waals surface area contributed by atoms with Gasteiger partial charge in [0.2, 0.25) is 0 Å². The average Bonchev–Trinajstić information content (AvgIpc) is 2.69. The van der Waals surface area contributed by atoms with Gasteiger partial charge < -0.3 is 23.0 Å². The Labute approximate surface area is 197 Å². The van der Waals surface area contributed by atoms with Crippen LogP contribution in [-0.2, 0) is 0 Å². The van der Waals surface area contributed by atoms with Crippen LogP contribution in [0.25, 0.3) is 15.6 Å². The van der Waals surface area contributed by atoms with E-state index in [1.165, 1.54) is 22.3 Å². The Bertz CT molecular complexity index is 455. The third-order valence-electron chi connectivity index (χ3n) is 4.30. The van der Waals surface area contributed by atoms with Gasteiger partial charge in [-0.05, 0) is 0 Å². The normalized spacial score (nSPS) is 10.6. The van der Waals surface area contributed by atoms with E-state index < -0.39 is 8.24 Å². The van der Waals surface area contributed by atoms with E-state index >= 15 is 0 Å². The molecule has 0 aromatic heterocycles. The molecule has 0 radical (unpaired) electrons. The van der Waals surface area contributed by atoms with Crippen LogP contribution in [0, 0.1) is 66.2 Å². The molecule has 0 atom stereocenters. The SMILES string of the molecule is CC[N-]C.CC[N-]C.Cc1c(C)c([Si](C)(C)[N-]C(C)(C)C)[c-](C)c1C.[CH3-].[U+4]. The Balaban J connectivity index is -0.000000225. The van der Waals surface area contributed by atoms with E-state index in [4.69, 9.17) is 4.98 Å². The Kier molecular flexibility index (Phi) is 21.1. The molecule has 0 saturated heterocycles. The van der Waals surface area contributed by atoms with Crippen LogP contribution in [0.4, 0.5) is 0 Å². The van der Waals surface area contributed by atoms with Crippen LogP contribution in [0.1, 0.15) is 56.9 Å². The molecule has 27 heavy (non-hydrogen) atoms. The van der Waals surface area contributed by atoms with E-state index in [0.717, 1.165) is 13.1 Å². The van der Waals surface area contributed by atoms with Gasteiger partial charge in [-0.1, -0.05) is 83.6 Å². The van der Waals surface area contributed by atoms with E-state index in [1.54, 1.807) is 19.3 Å². The van der Waals surface area contributed by atoms with E-state index in [1.807, 2.05) is 13.8 Å². The van der Waals surface area contributed by atoms with Gasteiger partial charge >= 0.3 is 31.1 Å². The summed E-state index contributed by atoms with van der Waals surface area (Å²) in [5, 5.41) is 9.03. The van der Waals surface area contributed by atoms with Gasteiger partial charge in [-0.2, -0.15) is 49.1 Å². The fourth-order valence-corrected chi connectivity index (χ4v) is 7.03. The minimum atomic E-state index is -1.69. The predicted octanol–water partition coefficient (Wildman–Crippen LogP) is 6.69. The number of hydrogen-bond donors (Lipinski definition) is 0. The zero-order valence-electron chi connectivity index (χ0n) is 20.8.